The Labute approximate surface area is 304 Å². The minimum atomic E-state index is 0.673. The van der Waals surface area contributed by atoms with E-state index in [1.165, 1.54) is 77.0 Å². The van der Waals surface area contributed by atoms with Gasteiger partial charge in [-0.25, -0.2) is 0 Å². The maximum absolute atomic E-state index is 6.52. The monoisotopic (exact) mass is 736 g/mol. The van der Waals surface area contributed by atoms with Crippen LogP contribution >= 0.6 is 15.9 Å². The average molecular weight is 738 g/mol. The van der Waals surface area contributed by atoms with Gasteiger partial charge in [0.15, 0.2) is 23.0 Å². The van der Waals surface area contributed by atoms with Crippen LogP contribution in [0.3, 0.4) is 0 Å². The van der Waals surface area contributed by atoms with Gasteiger partial charge in [0.1, 0.15) is 5.75 Å². The van der Waals surface area contributed by atoms with E-state index in [4.69, 9.17) is 23.7 Å². The molecule has 4 aromatic rings. The molecule has 49 heavy (non-hydrogen) atoms. The largest absolute Gasteiger partial charge is 0.496 e. The fourth-order valence-electron chi connectivity index (χ4n) is 6.46. The number of methoxy groups -OCH3 is 1. The number of halogens is 1. The standard InChI is InChI=1S/C43H61BrO5/c1-6-10-14-18-22-46-40-28-34-32-26-38(44)39(45-5)27-33(32)35-29-41(47-23-19-15-11-7-2)43(49-25-21-17-13-9-4)31-37(35)36(34)30-42(40)48-24-20-16-12-8-3/h26-31H,6-25H2,1-5H3. The third kappa shape index (κ3) is 11.1. The number of benzene rings is 4. The molecule has 270 valence electrons. The quantitative estimate of drug-likeness (QED) is 0.0501. The first-order valence-electron chi connectivity index (χ1n) is 19.3. The molecule has 4 aromatic carbocycles. The molecule has 0 aliphatic heterocycles. The van der Waals surface area contributed by atoms with Gasteiger partial charge in [-0.05, 0) is 110 Å². The zero-order chi connectivity index (χ0) is 34.8. The number of ether oxygens (including phenoxy) is 5. The summed E-state index contributed by atoms with van der Waals surface area (Å²) in [5.74, 6) is 4.03. The van der Waals surface area contributed by atoms with Crippen molar-refractivity contribution in [2.24, 2.45) is 0 Å². The van der Waals surface area contributed by atoms with Crippen LogP contribution in [0, 0.1) is 0 Å². The predicted octanol–water partition coefficient (Wildman–Crippen LogP) is 13.8. The van der Waals surface area contributed by atoms with Gasteiger partial charge in [0.25, 0.3) is 0 Å². The zero-order valence-electron chi connectivity index (χ0n) is 31.0. The molecule has 0 radical (unpaired) electrons. The van der Waals surface area contributed by atoms with Crippen LogP contribution < -0.4 is 23.7 Å². The van der Waals surface area contributed by atoms with Gasteiger partial charge < -0.3 is 23.7 Å². The zero-order valence-corrected chi connectivity index (χ0v) is 32.6. The van der Waals surface area contributed by atoms with E-state index < -0.39 is 0 Å². The van der Waals surface area contributed by atoms with Gasteiger partial charge in [0, 0.05) is 0 Å². The first-order valence-corrected chi connectivity index (χ1v) is 20.1. The minimum Gasteiger partial charge on any atom is -0.496 e. The number of fused-ring (bicyclic) bond motifs is 6. The molecule has 5 nitrogen and oxygen atoms in total. The molecule has 0 unspecified atom stereocenters. The highest BCUT2D eigenvalue weighted by molar-refractivity contribution is 9.10. The molecule has 0 saturated carbocycles. The van der Waals surface area contributed by atoms with E-state index in [0.717, 1.165) is 91.2 Å². The Bertz CT molecular complexity index is 1580. The summed E-state index contributed by atoms with van der Waals surface area (Å²) in [5, 5.41) is 6.69. The Morgan fingerprint density at radius 2 is 0.633 bits per heavy atom. The summed E-state index contributed by atoms with van der Waals surface area (Å²) in [6, 6.07) is 13.1. The van der Waals surface area contributed by atoms with E-state index in [9.17, 15) is 0 Å². The molecule has 0 saturated heterocycles. The molecule has 0 aliphatic carbocycles. The van der Waals surface area contributed by atoms with E-state index in [0.29, 0.717) is 26.4 Å². The van der Waals surface area contributed by atoms with Gasteiger partial charge in [-0.3, -0.25) is 0 Å². The molecule has 0 spiro atoms. The molecule has 0 bridgehead atoms. The van der Waals surface area contributed by atoms with E-state index in [2.05, 4.69) is 80.0 Å². The second kappa shape index (κ2) is 21.4. The third-order valence-electron chi connectivity index (χ3n) is 9.35. The lowest BCUT2D eigenvalue weighted by molar-refractivity contribution is 0.259. The second-order valence-corrected chi connectivity index (χ2v) is 14.2. The highest BCUT2D eigenvalue weighted by atomic mass is 79.9. The second-order valence-electron chi connectivity index (χ2n) is 13.4. The molecule has 0 amide bonds. The van der Waals surface area contributed by atoms with Crippen molar-refractivity contribution >= 4 is 48.2 Å². The van der Waals surface area contributed by atoms with Crippen molar-refractivity contribution in [1.82, 2.24) is 0 Å². The lowest BCUT2D eigenvalue weighted by atomic mass is 9.93. The van der Waals surface area contributed by atoms with Crippen molar-refractivity contribution in [2.45, 2.75) is 130 Å². The highest BCUT2D eigenvalue weighted by Crippen LogP contribution is 2.46. The van der Waals surface area contributed by atoms with Crippen molar-refractivity contribution in [3.8, 4) is 28.7 Å². The molecule has 0 aromatic heterocycles. The van der Waals surface area contributed by atoms with Crippen LogP contribution in [-0.2, 0) is 0 Å². The third-order valence-corrected chi connectivity index (χ3v) is 9.97. The Hall–Kier alpha value is -2.86. The lowest BCUT2D eigenvalue weighted by Gasteiger charge is -2.20. The van der Waals surface area contributed by atoms with Crippen LogP contribution in [0.5, 0.6) is 28.7 Å². The fourth-order valence-corrected chi connectivity index (χ4v) is 6.97. The summed E-state index contributed by atoms with van der Waals surface area (Å²) in [5.41, 5.74) is 0. The first-order chi connectivity index (χ1) is 24.1. The lowest BCUT2D eigenvalue weighted by Crippen LogP contribution is -2.04. The molecule has 0 heterocycles. The number of hydrogen-bond donors (Lipinski definition) is 0. The SMILES string of the molecule is CCCCCCOc1cc2c3cc(Br)c(OC)cc3c3cc(OCCCCCC)c(OCCCCCC)cc3c2cc1OCCCCCC. The molecule has 0 fully saturated rings. The van der Waals surface area contributed by atoms with Crippen LogP contribution in [0.15, 0.2) is 40.9 Å². The predicted molar refractivity (Wildman–Crippen MR) is 212 cm³/mol. The molecule has 0 atom stereocenters. The van der Waals surface area contributed by atoms with E-state index >= 15 is 0 Å². The molecule has 4 rings (SSSR count). The molecule has 0 aliphatic rings. The van der Waals surface area contributed by atoms with Crippen LogP contribution in [0.2, 0.25) is 0 Å². The van der Waals surface area contributed by atoms with Crippen molar-refractivity contribution < 1.29 is 23.7 Å². The van der Waals surface area contributed by atoms with Gasteiger partial charge >= 0.3 is 0 Å². The fraction of sp³-hybridized carbons (Fsp3) is 0.581. The van der Waals surface area contributed by atoms with Gasteiger partial charge in [-0.1, -0.05) is 105 Å². The van der Waals surface area contributed by atoms with Crippen LogP contribution in [0.25, 0.3) is 32.3 Å². The van der Waals surface area contributed by atoms with Crippen molar-refractivity contribution in [3.05, 3.63) is 40.9 Å². The molecule has 6 heteroatoms. The van der Waals surface area contributed by atoms with E-state index in [1.807, 2.05) is 0 Å². The van der Waals surface area contributed by atoms with Crippen molar-refractivity contribution in [1.29, 1.82) is 0 Å². The van der Waals surface area contributed by atoms with Crippen LogP contribution in [0.1, 0.15) is 130 Å². The average Bonchev–Trinajstić information content (AvgIpc) is 3.11. The number of rotatable bonds is 25. The van der Waals surface area contributed by atoms with Gasteiger partial charge in [0.05, 0.1) is 38.0 Å². The van der Waals surface area contributed by atoms with Crippen LogP contribution in [-0.4, -0.2) is 33.5 Å². The summed E-state index contributed by atoms with van der Waals surface area (Å²) in [7, 11) is 1.72. The summed E-state index contributed by atoms with van der Waals surface area (Å²) in [6.07, 6.45) is 18.5. The summed E-state index contributed by atoms with van der Waals surface area (Å²) in [6.45, 7) is 11.7. The summed E-state index contributed by atoms with van der Waals surface area (Å²) >= 11 is 3.78. The van der Waals surface area contributed by atoms with Crippen molar-refractivity contribution in [2.75, 3.05) is 33.5 Å². The topological polar surface area (TPSA) is 46.2 Å². The maximum atomic E-state index is 6.52. The maximum Gasteiger partial charge on any atom is 0.161 e. The van der Waals surface area contributed by atoms with E-state index in [1.54, 1.807) is 7.11 Å². The molecular weight excluding hydrogens is 676 g/mol. The number of unbranched alkanes of at least 4 members (excludes halogenated alkanes) is 12. The normalized spacial score (nSPS) is 11.5. The van der Waals surface area contributed by atoms with E-state index in [-0.39, 0.29) is 0 Å². The van der Waals surface area contributed by atoms with Gasteiger partial charge in [-0.15, -0.1) is 0 Å². The minimum absolute atomic E-state index is 0.673. The Balaban J connectivity index is 1.88. The van der Waals surface area contributed by atoms with Gasteiger partial charge in [-0.2, -0.15) is 0 Å². The summed E-state index contributed by atoms with van der Waals surface area (Å²) < 4.78 is 32.8. The van der Waals surface area contributed by atoms with Crippen LogP contribution in [0.4, 0.5) is 0 Å². The van der Waals surface area contributed by atoms with Crippen molar-refractivity contribution in [3.63, 3.8) is 0 Å². The molecule has 0 N–H and O–H groups in total. The Kier molecular flexibility index (Phi) is 17.0. The first kappa shape index (κ1) is 38.9. The molecular formula is C43H61BrO5. The van der Waals surface area contributed by atoms with Gasteiger partial charge in [0.2, 0.25) is 0 Å². The smallest absolute Gasteiger partial charge is 0.161 e. The Morgan fingerprint density at radius 3 is 0.898 bits per heavy atom. The summed E-state index contributed by atoms with van der Waals surface area (Å²) in [4.78, 5) is 0. The number of hydrogen-bond acceptors (Lipinski definition) is 5. The Morgan fingerprint density at radius 1 is 0.367 bits per heavy atom. The highest BCUT2D eigenvalue weighted by Gasteiger charge is 2.19.